The zero-order chi connectivity index (χ0) is 11.4. The van der Waals surface area contributed by atoms with Gasteiger partial charge in [-0.3, -0.25) is 0 Å². The first-order valence-corrected chi connectivity index (χ1v) is 3.80. The second-order valence-electron chi connectivity index (χ2n) is 3.08. The van der Waals surface area contributed by atoms with Gasteiger partial charge in [-0.05, 0) is 13.8 Å². The van der Waals surface area contributed by atoms with Gasteiger partial charge in [0.05, 0.1) is 0 Å². The lowest BCUT2D eigenvalue weighted by atomic mass is 10.1. The highest BCUT2D eigenvalue weighted by Gasteiger charge is 2.33. The van der Waals surface area contributed by atoms with E-state index in [0.29, 0.717) is 0 Å². The molecule has 0 saturated heterocycles. The number of nitrogens with zero attached hydrogens (tertiary/aromatic N) is 2. The molecule has 0 spiro atoms. The van der Waals surface area contributed by atoms with Crippen LogP contribution in [0, 0.1) is 17.7 Å². The standard InChI is InChI=1S/C9H10N2O3/c1-5-9(3,4)14-8(13)7(11-10)6(2)12/h1H,2-4H3/p+1. The second-order valence-corrected chi connectivity index (χ2v) is 3.08. The van der Waals surface area contributed by atoms with Crippen molar-refractivity contribution in [2.24, 2.45) is 0 Å². The molecule has 5 heteroatoms. The van der Waals surface area contributed by atoms with Gasteiger partial charge in [0.15, 0.2) is 16.3 Å². The number of esters is 1. The number of rotatable bonds is 2. The van der Waals surface area contributed by atoms with Gasteiger partial charge in [0, 0.05) is 6.92 Å². The molecule has 0 bridgehead atoms. The zero-order valence-electron chi connectivity index (χ0n) is 8.24. The summed E-state index contributed by atoms with van der Waals surface area (Å²) in [6.45, 7) is 4.18. The van der Waals surface area contributed by atoms with Gasteiger partial charge < -0.3 is 9.84 Å². The average Bonchev–Trinajstić information content (AvgIpc) is 2.03. The molecule has 0 aromatic carbocycles. The van der Waals surface area contributed by atoms with E-state index in [0.717, 1.165) is 0 Å². The number of hydrogen-bond acceptors (Lipinski definition) is 4. The van der Waals surface area contributed by atoms with E-state index in [2.05, 4.69) is 10.9 Å². The maximum atomic E-state index is 11.2. The molecule has 5 nitrogen and oxygen atoms in total. The molecule has 0 aliphatic heterocycles. The molecule has 0 heterocycles. The van der Waals surface area contributed by atoms with E-state index in [1.54, 1.807) is 0 Å². The third kappa shape index (κ3) is 3.16. The Labute approximate surface area is 82.0 Å². The number of aliphatic hydroxyl groups is 1. The zero-order valence-corrected chi connectivity index (χ0v) is 8.24. The van der Waals surface area contributed by atoms with Gasteiger partial charge >= 0.3 is 11.7 Å². The largest absolute Gasteiger partial charge is 0.505 e. The minimum atomic E-state index is -1.11. The lowest BCUT2D eigenvalue weighted by molar-refractivity contribution is -0.146. The van der Waals surface area contributed by atoms with Crippen molar-refractivity contribution in [3.05, 3.63) is 16.4 Å². The maximum Gasteiger partial charge on any atom is 0.504 e. The van der Waals surface area contributed by atoms with Gasteiger partial charge in [-0.15, -0.1) is 6.42 Å². The van der Waals surface area contributed by atoms with Crippen LogP contribution >= 0.6 is 0 Å². The Hall–Kier alpha value is -2.01. The number of ether oxygens (including phenoxy) is 1. The maximum absolute atomic E-state index is 11.2. The molecule has 0 aromatic heterocycles. The molecule has 14 heavy (non-hydrogen) atoms. The van der Waals surface area contributed by atoms with E-state index in [1.807, 2.05) is 0 Å². The Kier molecular flexibility index (Phi) is 3.67. The van der Waals surface area contributed by atoms with Crippen molar-refractivity contribution in [3.8, 4) is 12.3 Å². The van der Waals surface area contributed by atoms with E-state index < -0.39 is 23.0 Å². The molecule has 74 valence electrons. The molecule has 0 saturated carbocycles. The fraction of sp³-hybridized carbons (Fsp3) is 0.444. The van der Waals surface area contributed by atoms with Crippen molar-refractivity contribution in [1.82, 2.24) is 0 Å². The van der Waals surface area contributed by atoms with Gasteiger partial charge in [-0.2, -0.15) is 0 Å². The lowest BCUT2D eigenvalue weighted by Crippen LogP contribution is -2.26. The van der Waals surface area contributed by atoms with Gasteiger partial charge in [-0.1, -0.05) is 5.92 Å². The summed E-state index contributed by atoms with van der Waals surface area (Å²) in [7, 11) is 0. The molecular formula is C9H11N2O3+. The predicted molar refractivity (Wildman–Crippen MR) is 49.4 cm³/mol. The van der Waals surface area contributed by atoms with Crippen LogP contribution in [0.1, 0.15) is 20.8 Å². The monoisotopic (exact) mass is 195 g/mol. The van der Waals surface area contributed by atoms with Crippen LogP contribution in [0.2, 0.25) is 0 Å². The van der Waals surface area contributed by atoms with Gasteiger partial charge in [0.2, 0.25) is 5.39 Å². The SMILES string of the molecule is C#CC(C)(C)OC(=O)C([N+]#N)=C(C)O. The molecule has 0 aliphatic carbocycles. The molecule has 1 N–H and O–H groups in total. The predicted octanol–water partition coefficient (Wildman–Crippen LogP) is 1.58. The number of terminal acetylenes is 1. The third-order valence-corrected chi connectivity index (χ3v) is 1.33. The summed E-state index contributed by atoms with van der Waals surface area (Å²) in [4.78, 5) is 13.8. The van der Waals surface area contributed by atoms with E-state index in [4.69, 9.17) is 21.7 Å². The molecule has 0 amide bonds. The summed E-state index contributed by atoms with van der Waals surface area (Å²) in [5.74, 6) is 0.804. The summed E-state index contributed by atoms with van der Waals surface area (Å²) >= 11 is 0. The number of diazo groups is 1. The Morgan fingerprint density at radius 2 is 2.14 bits per heavy atom. The molecule has 0 radical (unpaired) electrons. The van der Waals surface area contributed by atoms with Gasteiger partial charge in [0.25, 0.3) is 0 Å². The summed E-state index contributed by atoms with van der Waals surface area (Å²) < 4.78 is 4.75. The Morgan fingerprint density at radius 1 is 1.64 bits per heavy atom. The highest BCUT2D eigenvalue weighted by atomic mass is 16.6. The van der Waals surface area contributed by atoms with Crippen LogP contribution in [0.25, 0.3) is 4.98 Å². The first-order chi connectivity index (χ1) is 6.34. The van der Waals surface area contributed by atoms with Crippen molar-refractivity contribution < 1.29 is 14.6 Å². The van der Waals surface area contributed by atoms with Crippen molar-refractivity contribution >= 4 is 5.97 Å². The highest BCUT2D eigenvalue weighted by molar-refractivity contribution is 5.91. The summed E-state index contributed by atoms with van der Waals surface area (Å²) in [6.07, 6.45) is 5.07. The lowest BCUT2D eigenvalue weighted by Gasteiger charge is -2.15. The summed E-state index contributed by atoms with van der Waals surface area (Å²) in [6, 6.07) is 0. The molecule has 0 aliphatic rings. The fourth-order valence-corrected chi connectivity index (χ4v) is 0.570. The highest BCUT2D eigenvalue weighted by Crippen LogP contribution is 2.13. The fourth-order valence-electron chi connectivity index (χ4n) is 0.570. The van der Waals surface area contributed by atoms with Crippen LogP contribution in [-0.4, -0.2) is 16.7 Å². The number of carbonyl (C=O) groups excluding carboxylic acids is 1. The average molecular weight is 195 g/mol. The third-order valence-electron chi connectivity index (χ3n) is 1.33. The van der Waals surface area contributed by atoms with Crippen molar-refractivity contribution in [1.29, 1.82) is 5.39 Å². The van der Waals surface area contributed by atoms with Crippen molar-refractivity contribution in [2.75, 3.05) is 0 Å². The number of carbonyl (C=O) groups is 1. The Morgan fingerprint density at radius 3 is 2.43 bits per heavy atom. The normalized spacial score (nSPS) is 12.1. The minimum absolute atomic E-state index is 0.440. The quantitative estimate of drug-likeness (QED) is 0.238. The van der Waals surface area contributed by atoms with Crippen molar-refractivity contribution in [2.45, 2.75) is 26.4 Å². The summed E-state index contributed by atoms with van der Waals surface area (Å²) in [5, 5.41) is 17.3. The van der Waals surface area contributed by atoms with Gasteiger partial charge in [-0.25, -0.2) is 4.79 Å². The second kappa shape index (κ2) is 4.29. The molecule has 0 aromatic rings. The van der Waals surface area contributed by atoms with Crippen LogP contribution < -0.4 is 0 Å². The Bertz CT molecular complexity index is 351. The molecular weight excluding hydrogens is 184 g/mol. The Balaban J connectivity index is 4.80. The van der Waals surface area contributed by atoms with Gasteiger partial charge in [0.1, 0.15) is 0 Å². The topological polar surface area (TPSA) is 74.7 Å². The molecule has 0 fully saturated rings. The van der Waals surface area contributed by atoms with E-state index >= 15 is 0 Å². The number of hydrogen-bond donors (Lipinski definition) is 1. The summed E-state index contributed by atoms with van der Waals surface area (Å²) in [5.41, 5.74) is -1.67. The first-order valence-electron chi connectivity index (χ1n) is 3.80. The van der Waals surface area contributed by atoms with Crippen LogP contribution in [0.4, 0.5) is 0 Å². The molecule has 0 atom stereocenters. The minimum Gasteiger partial charge on any atom is -0.505 e. The number of allylic oxidation sites excluding steroid dienone is 1. The van der Waals surface area contributed by atoms with Crippen LogP contribution in [0.15, 0.2) is 11.5 Å². The smallest absolute Gasteiger partial charge is 0.504 e. The first kappa shape index (κ1) is 12.0. The van der Waals surface area contributed by atoms with Crippen LogP contribution in [0.5, 0.6) is 0 Å². The van der Waals surface area contributed by atoms with Crippen molar-refractivity contribution in [3.63, 3.8) is 0 Å². The van der Waals surface area contributed by atoms with Crippen LogP contribution in [-0.2, 0) is 9.53 Å². The molecule has 0 rings (SSSR count). The van der Waals surface area contributed by atoms with E-state index in [-0.39, 0.29) is 0 Å². The van der Waals surface area contributed by atoms with E-state index in [9.17, 15) is 4.79 Å². The molecule has 0 unspecified atom stereocenters. The van der Waals surface area contributed by atoms with E-state index in [1.165, 1.54) is 20.8 Å². The number of aliphatic hydroxyl groups excluding tert-OH is 1. The van der Waals surface area contributed by atoms with Crippen LogP contribution in [0.3, 0.4) is 0 Å².